The molecule has 1 heterocycles. The fourth-order valence-electron chi connectivity index (χ4n) is 4.41. The topological polar surface area (TPSA) is 22.1 Å². The zero-order chi connectivity index (χ0) is 16.5. The van der Waals surface area contributed by atoms with Crippen LogP contribution >= 0.6 is 7.51 Å². The van der Waals surface area contributed by atoms with Gasteiger partial charge in [0.2, 0.25) is 0 Å². The fraction of sp³-hybridized carbons (Fsp3) is 1.00. The Morgan fingerprint density at radius 2 is 1.68 bits per heavy atom. The van der Waals surface area contributed by atoms with E-state index in [1.165, 1.54) is 32.2 Å². The first kappa shape index (κ1) is 18.4. The Labute approximate surface area is 138 Å². The molecule has 1 saturated heterocycles. The second kappa shape index (κ2) is 6.93. The van der Waals surface area contributed by atoms with Crippen LogP contribution in [0.1, 0.15) is 60.3 Å². The Bertz CT molecular complexity index is 425. The highest BCUT2D eigenvalue weighted by atomic mass is 31.2. The van der Waals surface area contributed by atoms with E-state index in [4.69, 9.17) is 4.74 Å². The van der Waals surface area contributed by atoms with Crippen LogP contribution in [-0.4, -0.2) is 59.3 Å². The molecular formula is C17H37N4P. The minimum atomic E-state index is -1.77. The lowest BCUT2D eigenvalue weighted by molar-refractivity contribution is 0.133. The first-order valence-electron chi connectivity index (χ1n) is 9.10. The van der Waals surface area contributed by atoms with E-state index in [1.54, 1.807) is 0 Å². The van der Waals surface area contributed by atoms with Crippen LogP contribution in [0.15, 0.2) is 4.74 Å². The Kier molecular flexibility index (Phi) is 5.81. The van der Waals surface area contributed by atoms with E-state index in [-0.39, 0.29) is 5.54 Å². The zero-order valence-electron chi connectivity index (χ0n) is 15.8. The van der Waals surface area contributed by atoms with Crippen LogP contribution in [0.3, 0.4) is 0 Å². The third-order valence-corrected chi connectivity index (χ3v) is 9.69. The van der Waals surface area contributed by atoms with Gasteiger partial charge in [-0.15, -0.1) is 0 Å². The summed E-state index contributed by atoms with van der Waals surface area (Å²) in [6, 6.07) is 0.727. The SMILES string of the molecule is CCN(CC)P1(=NC(C)(C)C)N(C)CC2CCCCC2N1C. The van der Waals surface area contributed by atoms with E-state index in [2.05, 4.69) is 62.7 Å². The normalized spacial score (nSPS) is 34.7. The van der Waals surface area contributed by atoms with Gasteiger partial charge >= 0.3 is 0 Å². The zero-order valence-corrected chi connectivity index (χ0v) is 16.7. The third kappa shape index (κ3) is 3.31. The van der Waals surface area contributed by atoms with E-state index in [1.807, 2.05) is 0 Å². The molecular weight excluding hydrogens is 291 g/mol. The molecule has 0 radical (unpaired) electrons. The van der Waals surface area contributed by atoms with E-state index in [9.17, 15) is 0 Å². The van der Waals surface area contributed by atoms with Crippen LogP contribution in [-0.2, 0) is 0 Å². The largest absolute Gasteiger partial charge is 0.255 e. The Hall–Kier alpha value is 0.110. The quantitative estimate of drug-likeness (QED) is 0.712. The second-order valence-corrected chi connectivity index (χ2v) is 11.1. The standard InChI is InChI=1S/C17H37N4P/c1-8-21(9-2)22(18-17(3,4)5)19(6)14-15-12-10-11-13-16(15)20(22)7/h15-16H,8-14H2,1-7H3. The molecule has 0 aromatic carbocycles. The molecule has 0 amide bonds. The summed E-state index contributed by atoms with van der Waals surface area (Å²) in [4.78, 5) is 0. The van der Waals surface area contributed by atoms with E-state index < -0.39 is 7.51 Å². The smallest absolute Gasteiger partial charge is 0.168 e. The number of hydrogen-bond donors (Lipinski definition) is 0. The summed E-state index contributed by atoms with van der Waals surface area (Å²) in [5.41, 5.74) is 0.000388. The molecule has 0 N–H and O–H groups in total. The molecule has 4 nitrogen and oxygen atoms in total. The van der Waals surface area contributed by atoms with Gasteiger partial charge in [0.25, 0.3) is 0 Å². The number of nitrogens with zero attached hydrogens (tertiary/aromatic N) is 4. The maximum Gasteiger partial charge on any atom is 0.168 e. The lowest BCUT2D eigenvalue weighted by Gasteiger charge is -2.57. The van der Waals surface area contributed by atoms with Gasteiger partial charge in [0.1, 0.15) is 0 Å². The molecule has 2 fully saturated rings. The van der Waals surface area contributed by atoms with Gasteiger partial charge in [-0.3, -0.25) is 4.74 Å². The van der Waals surface area contributed by atoms with Crippen molar-refractivity contribution in [2.45, 2.75) is 71.9 Å². The highest BCUT2D eigenvalue weighted by molar-refractivity contribution is 7.59. The molecule has 22 heavy (non-hydrogen) atoms. The van der Waals surface area contributed by atoms with Gasteiger partial charge in [0, 0.05) is 25.7 Å². The predicted octanol–water partition coefficient (Wildman–Crippen LogP) is 4.51. The summed E-state index contributed by atoms with van der Waals surface area (Å²) in [5.74, 6) is 0.836. The first-order chi connectivity index (χ1) is 10.3. The van der Waals surface area contributed by atoms with Gasteiger partial charge in [0.15, 0.2) is 7.51 Å². The van der Waals surface area contributed by atoms with Crippen molar-refractivity contribution in [3.8, 4) is 0 Å². The molecule has 2 aliphatic rings. The lowest BCUT2D eigenvalue weighted by atomic mass is 9.84. The number of rotatable bonds is 3. The molecule has 0 aromatic rings. The molecule has 3 atom stereocenters. The van der Waals surface area contributed by atoms with Crippen LogP contribution in [0.5, 0.6) is 0 Å². The summed E-state index contributed by atoms with van der Waals surface area (Å²) in [6.45, 7) is 14.7. The summed E-state index contributed by atoms with van der Waals surface area (Å²) in [5, 5.41) is 0. The molecule has 0 bridgehead atoms. The van der Waals surface area contributed by atoms with Gasteiger partial charge in [-0.25, -0.2) is 14.0 Å². The minimum Gasteiger partial charge on any atom is -0.255 e. The van der Waals surface area contributed by atoms with Crippen LogP contribution < -0.4 is 0 Å². The van der Waals surface area contributed by atoms with Crippen molar-refractivity contribution in [2.75, 3.05) is 33.7 Å². The highest BCUT2D eigenvalue weighted by Gasteiger charge is 2.47. The summed E-state index contributed by atoms with van der Waals surface area (Å²) in [6.07, 6.45) is 5.56. The molecule has 3 unspecified atom stereocenters. The average molecular weight is 328 g/mol. The van der Waals surface area contributed by atoms with E-state index in [0.717, 1.165) is 25.0 Å². The maximum atomic E-state index is 5.48. The number of fused-ring (bicyclic) bond motifs is 1. The van der Waals surface area contributed by atoms with Crippen molar-refractivity contribution < 1.29 is 0 Å². The van der Waals surface area contributed by atoms with Gasteiger partial charge in [0.05, 0.1) is 5.54 Å². The molecule has 1 aliphatic heterocycles. The lowest BCUT2D eigenvalue weighted by Crippen LogP contribution is -2.54. The molecule has 2 rings (SSSR count). The van der Waals surface area contributed by atoms with E-state index in [0.29, 0.717) is 0 Å². The predicted molar refractivity (Wildman–Crippen MR) is 98.2 cm³/mol. The molecule has 1 saturated carbocycles. The fourth-order valence-corrected chi connectivity index (χ4v) is 8.84. The minimum absolute atomic E-state index is 0.000388. The number of hydrogen-bond acceptors (Lipinski definition) is 1. The van der Waals surface area contributed by atoms with Crippen LogP contribution in [0.4, 0.5) is 0 Å². The van der Waals surface area contributed by atoms with Crippen molar-refractivity contribution in [3.63, 3.8) is 0 Å². The maximum absolute atomic E-state index is 5.48. The van der Waals surface area contributed by atoms with Crippen molar-refractivity contribution in [1.82, 2.24) is 14.0 Å². The molecule has 130 valence electrons. The molecule has 1 aliphatic carbocycles. The highest BCUT2D eigenvalue weighted by Crippen LogP contribution is 2.64. The van der Waals surface area contributed by atoms with E-state index >= 15 is 0 Å². The van der Waals surface area contributed by atoms with Gasteiger partial charge < -0.3 is 0 Å². The Balaban J connectivity index is 2.53. The average Bonchev–Trinajstić information content (AvgIpc) is 2.44. The van der Waals surface area contributed by atoms with Gasteiger partial charge in [-0.2, -0.15) is 0 Å². The molecule has 0 aromatic heterocycles. The van der Waals surface area contributed by atoms with Gasteiger partial charge in [-0.05, 0) is 53.6 Å². The summed E-state index contributed by atoms with van der Waals surface area (Å²) in [7, 11) is 2.91. The van der Waals surface area contributed by atoms with Crippen LogP contribution in [0, 0.1) is 5.92 Å². The van der Waals surface area contributed by atoms with Crippen molar-refractivity contribution in [2.24, 2.45) is 10.7 Å². The Morgan fingerprint density at radius 3 is 2.23 bits per heavy atom. The van der Waals surface area contributed by atoms with Crippen molar-refractivity contribution in [3.05, 3.63) is 0 Å². The first-order valence-corrected chi connectivity index (χ1v) is 10.7. The third-order valence-electron chi connectivity index (χ3n) is 5.27. The summed E-state index contributed by atoms with van der Waals surface area (Å²) < 4.78 is 13.5. The molecule has 5 heteroatoms. The van der Waals surface area contributed by atoms with Crippen molar-refractivity contribution in [1.29, 1.82) is 0 Å². The van der Waals surface area contributed by atoms with Gasteiger partial charge in [-0.1, -0.05) is 26.7 Å². The van der Waals surface area contributed by atoms with Crippen molar-refractivity contribution >= 4 is 7.51 Å². The Morgan fingerprint density at radius 1 is 1.09 bits per heavy atom. The monoisotopic (exact) mass is 328 g/mol. The second-order valence-electron chi connectivity index (χ2n) is 7.97. The summed E-state index contributed by atoms with van der Waals surface area (Å²) >= 11 is 0. The van der Waals surface area contributed by atoms with Crippen LogP contribution in [0.25, 0.3) is 0 Å². The van der Waals surface area contributed by atoms with Crippen LogP contribution in [0.2, 0.25) is 0 Å². The molecule has 0 spiro atoms.